The summed E-state index contributed by atoms with van der Waals surface area (Å²) in [6.07, 6.45) is -3.03. The molecule has 0 spiro atoms. The molecule has 0 unspecified atom stereocenters. The van der Waals surface area contributed by atoms with Crippen LogP contribution in [0.25, 0.3) is 10.7 Å². The van der Waals surface area contributed by atoms with E-state index in [4.69, 9.17) is 4.74 Å². The number of hydrogen-bond acceptors (Lipinski definition) is 5. The molecule has 0 radical (unpaired) electrons. The van der Waals surface area contributed by atoms with E-state index >= 15 is 0 Å². The normalized spacial score (nSPS) is 11.4. The van der Waals surface area contributed by atoms with E-state index in [1.54, 1.807) is 31.3 Å². The number of aryl methyl sites for hydroxylation is 1. The third-order valence-corrected chi connectivity index (χ3v) is 4.42. The number of ether oxygens (including phenoxy) is 1. The Morgan fingerprint density at radius 1 is 1.12 bits per heavy atom. The van der Waals surface area contributed by atoms with Crippen LogP contribution >= 0.6 is 11.3 Å². The number of hydrogen-bond donors (Lipinski definition) is 0. The van der Waals surface area contributed by atoms with Gasteiger partial charge in [-0.1, -0.05) is 18.2 Å². The van der Waals surface area contributed by atoms with Gasteiger partial charge in [-0.05, 0) is 31.2 Å². The highest BCUT2D eigenvalue weighted by Crippen LogP contribution is 2.36. The summed E-state index contributed by atoms with van der Waals surface area (Å²) in [5.74, 6) is -1.42. The van der Waals surface area contributed by atoms with Crippen LogP contribution in [0.5, 0.6) is 5.75 Å². The summed E-state index contributed by atoms with van der Waals surface area (Å²) in [6.45, 7) is 1.59. The van der Waals surface area contributed by atoms with Crippen molar-refractivity contribution in [3.63, 3.8) is 0 Å². The summed E-state index contributed by atoms with van der Waals surface area (Å²) in [4.78, 5) is 20.8. The monoisotopic (exact) mass is 364 g/mol. The van der Waals surface area contributed by atoms with Crippen LogP contribution in [0.4, 0.5) is 13.2 Å². The number of alkyl halides is 3. The van der Waals surface area contributed by atoms with Gasteiger partial charge in [0.05, 0.1) is 17.0 Å². The molecule has 0 aliphatic carbocycles. The van der Waals surface area contributed by atoms with Crippen LogP contribution < -0.4 is 4.74 Å². The first kappa shape index (κ1) is 17.1. The topological polar surface area (TPSA) is 52.1 Å². The van der Waals surface area contributed by atoms with Crippen molar-refractivity contribution in [2.75, 3.05) is 0 Å². The van der Waals surface area contributed by atoms with Gasteiger partial charge in [-0.25, -0.2) is 9.78 Å². The zero-order valence-corrected chi connectivity index (χ0v) is 13.7. The zero-order chi connectivity index (χ0) is 18.0. The molecular formula is C17H11F3N2O2S. The van der Waals surface area contributed by atoms with Crippen LogP contribution in [0.3, 0.4) is 0 Å². The summed E-state index contributed by atoms with van der Waals surface area (Å²) in [6, 6.07) is 9.82. The number of carbonyl (C=O) groups is 1. The van der Waals surface area contributed by atoms with Gasteiger partial charge in [-0.3, -0.25) is 4.98 Å². The van der Waals surface area contributed by atoms with Crippen LogP contribution in [-0.4, -0.2) is 15.9 Å². The Labute approximate surface area is 144 Å². The van der Waals surface area contributed by atoms with Crippen molar-refractivity contribution >= 4 is 17.3 Å². The molecule has 0 saturated carbocycles. The van der Waals surface area contributed by atoms with Crippen LogP contribution in [0.1, 0.15) is 20.9 Å². The second-order valence-electron chi connectivity index (χ2n) is 5.03. The van der Waals surface area contributed by atoms with Crippen molar-refractivity contribution in [1.82, 2.24) is 9.97 Å². The van der Waals surface area contributed by atoms with Crippen molar-refractivity contribution in [1.29, 1.82) is 0 Å². The van der Waals surface area contributed by atoms with Crippen molar-refractivity contribution in [3.8, 4) is 16.5 Å². The number of para-hydroxylation sites is 1. The fourth-order valence-electron chi connectivity index (χ4n) is 2.12. The van der Waals surface area contributed by atoms with Gasteiger partial charge in [0.25, 0.3) is 0 Å². The number of nitrogens with zero attached hydrogens (tertiary/aromatic N) is 2. The lowest BCUT2D eigenvalue weighted by Crippen LogP contribution is -2.13. The Balaban J connectivity index is 1.90. The fraction of sp³-hybridized carbons (Fsp3) is 0.118. The van der Waals surface area contributed by atoms with E-state index in [1.165, 1.54) is 12.1 Å². The zero-order valence-electron chi connectivity index (χ0n) is 12.9. The molecule has 0 saturated heterocycles. The Hall–Kier alpha value is -2.74. The fourth-order valence-corrected chi connectivity index (χ4v) is 3.04. The number of pyridine rings is 1. The average molecular weight is 364 g/mol. The first-order valence-electron chi connectivity index (χ1n) is 7.13. The SMILES string of the molecule is Cc1nc(-c2ccccn2)sc1C(=O)Oc1ccccc1C(F)(F)F. The van der Waals surface area contributed by atoms with Crippen molar-refractivity contribution in [2.24, 2.45) is 0 Å². The van der Waals surface area contributed by atoms with E-state index in [9.17, 15) is 18.0 Å². The average Bonchev–Trinajstić information content (AvgIpc) is 2.97. The number of carbonyl (C=O) groups excluding carboxylic acids is 1. The van der Waals surface area contributed by atoms with Crippen LogP contribution in [0.2, 0.25) is 0 Å². The molecule has 0 fully saturated rings. The lowest BCUT2D eigenvalue weighted by atomic mass is 10.2. The number of halogens is 3. The van der Waals surface area contributed by atoms with Crippen molar-refractivity contribution in [3.05, 3.63) is 64.8 Å². The second kappa shape index (κ2) is 6.64. The molecule has 4 nitrogen and oxygen atoms in total. The van der Waals surface area contributed by atoms with Crippen molar-refractivity contribution < 1.29 is 22.7 Å². The number of rotatable bonds is 3. The molecule has 0 bridgehead atoms. The number of aromatic nitrogens is 2. The molecule has 3 aromatic rings. The van der Waals surface area contributed by atoms with Gasteiger partial charge in [0.1, 0.15) is 15.6 Å². The summed E-state index contributed by atoms with van der Waals surface area (Å²) >= 11 is 1.02. The van der Waals surface area contributed by atoms with Gasteiger partial charge in [-0.15, -0.1) is 11.3 Å². The minimum Gasteiger partial charge on any atom is -0.422 e. The van der Waals surface area contributed by atoms with E-state index < -0.39 is 23.5 Å². The molecule has 0 atom stereocenters. The molecule has 2 aromatic heterocycles. The highest BCUT2D eigenvalue weighted by molar-refractivity contribution is 7.17. The first-order chi connectivity index (χ1) is 11.9. The van der Waals surface area contributed by atoms with Gasteiger partial charge >= 0.3 is 12.1 Å². The van der Waals surface area contributed by atoms with E-state index in [2.05, 4.69) is 9.97 Å². The number of benzene rings is 1. The lowest BCUT2D eigenvalue weighted by molar-refractivity contribution is -0.138. The molecule has 0 amide bonds. The Bertz CT molecular complexity index is 908. The van der Waals surface area contributed by atoms with E-state index in [0.29, 0.717) is 16.4 Å². The Kier molecular flexibility index (Phi) is 4.54. The quantitative estimate of drug-likeness (QED) is 0.497. The predicted molar refractivity (Wildman–Crippen MR) is 86.5 cm³/mol. The van der Waals surface area contributed by atoms with Gasteiger partial charge < -0.3 is 4.74 Å². The third kappa shape index (κ3) is 3.69. The van der Waals surface area contributed by atoms with Crippen molar-refractivity contribution in [2.45, 2.75) is 13.1 Å². The summed E-state index contributed by atoms with van der Waals surface area (Å²) in [5, 5.41) is 0.495. The van der Waals surface area contributed by atoms with Gasteiger partial charge in [0.15, 0.2) is 0 Å². The van der Waals surface area contributed by atoms with Gasteiger partial charge in [-0.2, -0.15) is 13.2 Å². The first-order valence-corrected chi connectivity index (χ1v) is 7.95. The van der Waals surface area contributed by atoms with Gasteiger partial charge in [0.2, 0.25) is 0 Å². The minimum atomic E-state index is -4.61. The maximum Gasteiger partial charge on any atom is 0.419 e. The van der Waals surface area contributed by atoms with Crippen LogP contribution in [0.15, 0.2) is 48.7 Å². The van der Waals surface area contributed by atoms with Crippen LogP contribution in [-0.2, 0) is 6.18 Å². The second-order valence-corrected chi connectivity index (χ2v) is 6.03. The highest BCUT2D eigenvalue weighted by atomic mass is 32.1. The molecule has 0 N–H and O–H groups in total. The minimum absolute atomic E-state index is 0.137. The lowest BCUT2D eigenvalue weighted by Gasteiger charge is -2.11. The number of esters is 1. The smallest absolute Gasteiger partial charge is 0.419 e. The molecule has 1 aromatic carbocycles. The molecule has 0 aliphatic rings. The standard InChI is InChI=1S/C17H11F3N2O2S/c1-10-14(25-15(22-10)12-7-4-5-9-21-12)16(23)24-13-8-3-2-6-11(13)17(18,19)20/h2-9H,1H3. The highest BCUT2D eigenvalue weighted by Gasteiger charge is 2.35. The maximum atomic E-state index is 13.0. The molecule has 0 aliphatic heterocycles. The molecular weight excluding hydrogens is 353 g/mol. The molecule has 25 heavy (non-hydrogen) atoms. The Morgan fingerprint density at radius 2 is 1.84 bits per heavy atom. The molecule has 8 heteroatoms. The third-order valence-electron chi connectivity index (χ3n) is 3.26. The van der Waals surface area contributed by atoms with Gasteiger partial charge in [0, 0.05) is 6.20 Å². The largest absolute Gasteiger partial charge is 0.422 e. The van der Waals surface area contributed by atoms with Crippen LogP contribution in [0, 0.1) is 6.92 Å². The molecule has 2 heterocycles. The maximum absolute atomic E-state index is 13.0. The molecule has 128 valence electrons. The van der Waals surface area contributed by atoms with E-state index in [1.807, 2.05) is 0 Å². The Morgan fingerprint density at radius 3 is 2.52 bits per heavy atom. The number of thiazole rings is 1. The van der Waals surface area contributed by atoms with E-state index in [-0.39, 0.29) is 4.88 Å². The summed E-state index contributed by atoms with van der Waals surface area (Å²) in [7, 11) is 0. The predicted octanol–water partition coefficient (Wildman–Crippen LogP) is 4.75. The summed E-state index contributed by atoms with van der Waals surface area (Å²) < 4.78 is 44.0. The summed E-state index contributed by atoms with van der Waals surface area (Å²) in [5.41, 5.74) is -0.0547. The van der Waals surface area contributed by atoms with E-state index in [0.717, 1.165) is 23.5 Å². The molecule has 3 rings (SSSR count).